The van der Waals surface area contributed by atoms with Crippen LogP contribution in [-0.4, -0.2) is 19.5 Å². The molecule has 0 aromatic carbocycles. The number of aromatic nitrogens is 4. The lowest BCUT2D eigenvalue weighted by molar-refractivity contribution is 0.519. The molecule has 8 heteroatoms. The van der Waals surface area contributed by atoms with Crippen molar-refractivity contribution in [1.29, 1.82) is 0 Å². The van der Waals surface area contributed by atoms with Crippen molar-refractivity contribution in [2.45, 2.75) is 6.42 Å². The minimum atomic E-state index is -0.602. The van der Waals surface area contributed by atoms with Gasteiger partial charge in [-0.1, -0.05) is 6.07 Å². The molecule has 0 aliphatic carbocycles. The zero-order valence-corrected chi connectivity index (χ0v) is 15.2. The Morgan fingerprint density at radius 1 is 1.25 bits per heavy atom. The highest BCUT2D eigenvalue weighted by molar-refractivity contribution is 7.13. The first kappa shape index (κ1) is 16.6. The van der Waals surface area contributed by atoms with Gasteiger partial charge in [-0.2, -0.15) is 4.39 Å². The Morgan fingerprint density at radius 2 is 2.18 bits per heavy atom. The Hall–Kier alpha value is -3.52. The number of hydrogen-bond acceptors (Lipinski definition) is 5. The van der Waals surface area contributed by atoms with Crippen LogP contribution < -0.4 is 5.56 Å². The van der Waals surface area contributed by atoms with E-state index < -0.39 is 5.95 Å². The van der Waals surface area contributed by atoms with E-state index in [0.717, 1.165) is 10.6 Å². The number of pyridine rings is 1. The predicted octanol–water partition coefficient (Wildman–Crippen LogP) is 4.11. The Labute approximate surface area is 162 Å². The number of aromatic amines is 1. The van der Waals surface area contributed by atoms with Crippen LogP contribution in [0, 0.1) is 5.95 Å². The highest BCUT2D eigenvalue weighted by Gasteiger charge is 2.22. The summed E-state index contributed by atoms with van der Waals surface area (Å²) in [6, 6.07) is 10.4. The fourth-order valence-electron chi connectivity index (χ4n) is 3.12. The van der Waals surface area contributed by atoms with Gasteiger partial charge in [-0.3, -0.25) is 9.36 Å². The summed E-state index contributed by atoms with van der Waals surface area (Å²) >= 11 is 1.54. The summed E-state index contributed by atoms with van der Waals surface area (Å²) in [5.41, 5.74) is 1.99. The Balaban J connectivity index is 1.75. The zero-order chi connectivity index (χ0) is 19.1. The molecule has 2 aliphatic heterocycles. The number of H-pyrrole nitrogens is 1. The van der Waals surface area contributed by atoms with Gasteiger partial charge in [0.1, 0.15) is 11.5 Å². The quantitative estimate of drug-likeness (QED) is 0.467. The first-order valence-corrected chi connectivity index (χ1v) is 9.39. The van der Waals surface area contributed by atoms with Crippen LogP contribution in [0.2, 0.25) is 0 Å². The molecule has 0 unspecified atom stereocenters. The van der Waals surface area contributed by atoms with Crippen LogP contribution in [0.1, 0.15) is 11.5 Å². The fourth-order valence-corrected chi connectivity index (χ4v) is 3.81. The van der Waals surface area contributed by atoms with Gasteiger partial charge in [-0.15, -0.1) is 11.3 Å². The van der Waals surface area contributed by atoms with Crippen molar-refractivity contribution in [3.05, 3.63) is 88.2 Å². The van der Waals surface area contributed by atoms with E-state index in [9.17, 15) is 9.18 Å². The lowest BCUT2D eigenvalue weighted by atomic mass is 10.2. The van der Waals surface area contributed by atoms with Gasteiger partial charge in [0.05, 0.1) is 28.9 Å². The van der Waals surface area contributed by atoms with Gasteiger partial charge in [-0.25, -0.2) is 9.97 Å². The summed E-state index contributed by atoms with van der Waals surface area (Å²) < 4.78 is 20.6. The molecule has 0 fully saturated rings. The molecule has 0 spiro atoms. The minimum Gasteiger partial charge on any atom is -0.469 e. The van der Waals surface area contributed by atoms with E-state index >= 15 is 0 Å². The van der Waals surface area contributed by atoms with Crippen molar-refractivity contribution in [3.8, 4) is 27.6 Å². The molecule has 5 rings (SSSR count). The smallest absolute Gasteiger partial charge is 0.278 e. The molecule has 138 valence electrons. The number of imidazole rings is 1. The summed E-state index contributed by atoms with van der Waals surface area (Å²) in [6.45, 7) is 0. The molecule has 6 nitrogen and oxygen atoms in total. The molecule has 0 amide bonds. The van der Waals surface area contributed by atoms with Crippen molar-refractivity contribution in [1.82, 2.24) is 19.5 Å². The van der Waals surface area contributed by atoms with Gasteiger partial charge in [0, 0.05) is 24.0 Å². The third-order valence-corrected chi connectivity index (χ3v) is 5.30. The molecule has 0 saturated carbocycles. The topological polar surface area (TPSA) is 76.7 Å². The van der Waals surface area contributed by atoms with Crippen molar-refractivity contribution in [3.63, 3.8) is 0 Å². The minimum absolute atomic E-state index is 0.228. The maximum Gasteiger partial charge on any atom is 0.278 e. The number of halogens is 1. The second-order valence-electron chi connectivity index (χ2n) is 6.20. The molecule has 3 aromatic heterocycles. The first-order valence-electron chi connectivity index (χ1n) is 8.51. The molecule has 0 saturated heterocycles. The normalized spacial score (nSPS) is 11.3. The van der Waals surface area contributed by atoms with Crippen molar-refractivity contribution in [2.75, 3.05) is 0 Å². The van der Waals surface area contributed by atoms with Gasteiger partial charge in [0.2, 0.25) is 5.95 Å². The number of rotatable bonds is 4. The van der Waals surface area contributed by atoms with Crippen LogP contribution in [0.25, 0.3) is 27.6 Å². The monoisotopic (exact) mass is 392 g/mol. The third kappa shape index (κ3) is 2.84. The van der Waals surface area contributed by atoms with Gasteiger partial charge < -0.3 is 9.40 Å². The van der Waals surface area contributed by atoms with Gasteiger partial charge in [-0.05, 0) is 29.6 Å². The summed E-state index contributed by atoms with van der Waals surface area (Å²) in [5.74, 6) is 0.479. The summed E-state index contributed by atoms with van der Waals surface area (Å²) in [4.78, 5) is 25.4. The van der Waals surface area contributed by atoms with E-state index in [1.165, 1.54) is 28.2 Å². The maximum atomic E-state index is 13.7. The molecule has 1 N–H and O–H groups in total. The summed E-state index contributed by atoms with van der Waals surface area (Å²) in [7, 11) is 0. The molecule has 0 radical (unpaired) electrons. The highest BCUT2D eigenvalue weighted by Crippen LogP contribution is 2.30. The van der Waals surface area contributed by atoms with Crippen LogP contribution >= 0.6 is 11.3 Å². The van der Waals surface area contributed by atoms with E-state index in [1.54, 1.807) is 30.7 Å². The second kappa shape index (κ2) is 6.58. The fraction of sp³-hybridized carbons (Fsp3) is 0.0500. The molecule has 2 aliphatic rings. The van der Waals surface area contributed by atoms with E-state index in [1.807, 2.05) is 17.5 Å². The number of hydrogen-bond donors (Lipinski definition) is 1. The van der Waals surface area contributed by atoms with Crippen LogP contribution in [-0.2, 0) is 6.42 Å². The molecular weight excluding hydrogens is 379 g/mol. The van der Waals surface area contributed by atoms with Gasteiger partial charge in [0.25, 0.3) is 5.56 Å². The maximum absolute atomic E-state index is 13.7. The average molecular weight is 392 g/mol. The summed E-state index contributed by atoms with van der Waals surface area (Å²) in [6.07, 6.45) is 4.95. The summed E-state index contributed by atoms with van der Waals surface area (Å²) in [5, 5.41) is 1.95. The number of fused-ring (bicyclic) bond motifs is 1. The van der Waals surface area contributed by atoms with Crippen molar-refractivity contribution < 1.29 is 8.81 Å². The van der Waals surface area contributed by atoms with Crippen molar-refractivity contribution in [2.24, 2.45) is 0 Å². The number of thiophene rings is 1. The Morgan fingerprint density at radius 3 is 2.93 bits per heavy atom. The standard InChI is InChI=1S/C20H13FN4O2S/c21-17-9-12(5-6-22-17)18-19-24-14(10-13-3-1-7-27-13)20(26)25(19)11-15(23-18)16-4-2-8-28-16/h1-9,11,23H,10H2. The molecule has 3 aromatic rings. The van der Waals surface area contributed by atoms with Crippen LogP contribution in [0.15, 0.2) is 69.6 Å². The Bertz CT molecular complexity index is 1270. The van der Waals surface area contributed by atoms with E-state index in [-0.39, 0.29) is 12.0 Å². The molecular formula is C20H13FN4O2S. The third-order valence-electron chi connectivity index (χ3n) is 4.40. The highest BCUT2D eigenvalue weighted by atomic mass is 32.1. The van der Waals surface area contributed by atoms with E-state index in [4.69, 9.17) is 4.42 Å². The molecule has 0 bridgehead atoms. The zero-order valence-electron chi connectivity index (χ0n) is 14.4. The van der Waals surface area contributed by atoms with Crippen LogP contribution in [0.4, 0.5) is 4.39 Å². The van der Waals surface area contributed by atoms with E-state index in [2.05, 4.69) is 15.0 Å². The van der Waals surface area contributed by atoms with Gasteiger partial charge >= 0.3 is 0 Å². The van der Waals surface area contributed by atoms with Crippen LogP contribution in [0.5, 0.6) is 0 Å². The molecule has 5 heterocycles. The Kier molecular flexibility index (Phi) is 3.91. The van der Waals surface area contributed by atoms with Gasteiger partial charge in [0.15, 0.2) is 5.82 Å². The number of nitrogens with one attached hydrogen (secondary N) is 1. The first-order chi connectivity index (χ1) is 13.7. The number of nitrogens with zero attached hydrogens (tertiary/aromatic N) is 3. The second-order valence-corrected chi connectivity index (χ2v) is 7.15. The predicted molar refractivity (Wildman–Crippen MR) is 103 cm³/mol. The number of furan rings is 1. The average Bonchev–Trinajstić information content (AvgIpc) is 3.45. The SMILES string of the molecule is O=c1c(Cc2ccco2)nc2c(-c3ccnc(F)c3)[nH]c(-c3cccs3)cn1-2. The lowest BCUT2D eigenvalue weighted by Crippen LogP contribution is -2.16. The molecule has 0 atom stereocenters. The van der Waals surface area contributed by atoms with E-state index in [0.29, 0.717) is 28.5 Å². The lowest BCUT2D eigenvalue weighted by Gasteiger charge is -2.12. The van der Waals surface area contributed by atoms with Crippen LogP contribution in [0.3, 0.4) is 0 Å². The van der Waals surface area contributed by atoms with Crippen molar-refractivity contribution >= 4 is 11.3 Å². The molecule has 28 heavy (non-hydrogen) atoms. The largest absolute Gasteiger partial charge is 0.469 e.